The average molecular weight is 284 g/mol. The average Bonchev–Trinajstić information content (AvgIpc) is 2.83. The minimum atomic E-state index is -0.193. The molecule has 0 fully saturated rings. The number of benzene rings is 1. The Labute approximate surface area is 122 Å². The highest BCUT2D eigenvalue weighted by molar-refractivity contribution is 5.45. The van der Waals surface area contributed by atoms with E-state index >= 15 is 0 Å². The summed E-state index contributed by atoms with van der Waals surface area (Å²) in [5, 5.41) is 7.56. The van der Waals surface area contributed by atoms with Gasteiger partial charge in [0.15, 0.2) is 5.65 Å². The van der Waals surface area contributed by atoms with Crippen LogP contribution >= 0.6 is 0 Å². The summed E-state index contributed by atoms with van der Waals surface area (Å²) in [7, 11) is 0. The van der Waals surface area contributed by atoms with Crippen LogP contribution < -0.4 is 5.32 Å². The van der Waals surface area contributed by atoms with Crippen LogP contribution in [0.25, 0.3) is 5.65 Å². The van der Waals surface area contributed by atoms with Crippen molar-refractivity contribution in [3.8, 4) is 0 Å². The molecule has 0 aliphatic rings. The SMILES string of the molecule is Cc1ccn2nc(NCCc3ccc(F)cc3C)nc2c1. The highest BCUT2D eigenvalue weighted by atomic mass is 19.1. The molecule has 0 aliphatic heterocycles. The van der Waals surface area contributed by atoms with Crippen molar-refractivity contribution in [2.24, 2.45) is 0 Å². The van der Waals surface area contributed by atoms with Crippen LogP contribution in [0.2, 0.25) is 0 Å². The fourth-order valence-electron chi connectivity index (χ4n) is 2.31. The van der Waals surface area contributed by atoms with Crippen molar-refractivity contribution in [3.63, 3.8) is 0 Å². The Kier molecular flexibility index (Phi) is 3.56. The van der Waals surface area contributed by atoms with Crippen LogP contribution in [0.5, 0.6) is 0 Å². The molecule has 3 aromatic rings. The predicted octanol–water partition coefficient (Wildman–Crippen LogP) is 3.14. The number of fused-ring (bicyclic) bond motifs is 1. The zero-order valence-corrected chi connectivity index (χ0v) is 12.1. The third kappa shape index (κ3) is 3.02. The van der Waals surface area contributed by atoms with Crippen molar-refractivity contribution >= 4 is 11.6 Å². The molecule has 0 aliphatic carbocycles. The van der Waals surface area contributed by atoms with E-state index in [0.29, 0.717) is 12.5 Å². The van der Waals surface area contributed by atoms with Gasteiger partial charge in [0, 0.05) is 12.7 Å². The lowest BCUT2D eigenvalue weighted by molar-refractivity contribution is 0.625. The van der Waals surface area contributed by atoms with Crippen LogP contribution in [-0.4, -0.2) is 21.1 Å². The first-order chi connectivity index (χ1) is 10.1. The molecule has 21 heavy (non-hydrogen) atoms. The van der Waals surface area contributed by atoms with Gasteiger partial charge in [-0.25, -0.2) is 8.91 Å². The van der Waals surface area contributed by atoms with Crippen LogP contribution in [0.4, 0.5) is 10.3 Å². The second-order valence-corrected chi connectivity index (χ2v) is 5.19. The lowest BCUT2D eigenvalue weighted by Crippen LogP contribution is -2.07. The fourth-order valence-corrected chi connectivity index (χ4v) is 2.31. The van der Waals surface area contributed by atoms with Crippen LogP contribution in [0.1, 0.15) is 16.7 Å². The predicted molar refractivity (Wildman–Crippen MR) is 81.1 cm³/mol. The van der Waals surface area contributed by atoms with Gasteiger partial charge in [-0.05, 0) is 61.2 Å². The molecule has 0 amide bonds. The van der Waals surface area contributed by atoms with Gasteiger partial charge in [0.1, 0.15) is 5.82 Å². The molecule has 0 saturated heterocycles. The molecular weight excluding hydrogens is 267 g/mol. The van der Waals surface area contributed by atoms with Crippen molar-refractivity contribution < 1.29 is 4.39 Å². The summed E-state index contributed by atoms with van der Waals surface area (Å²) >= 11 is 0. The van der Waals surface area contributed by atoms with Gasteiger partial charge in [0.05, 0.1) is 0 Å². The molecule has 1 N–H and O–H groups in total. The van der Waals surface area contributed by atoms with E-state index in [9.17, 15) is 4.39 Å². The summed E-state index contributed by atoms with van der Waals surface area (Å²) in [6, 6.07) is 8.86. The summed E-state index contributed by atoms with van der Waals surface area (Å²) in [4.78, 5) is 4.42. The quantitative estimate of drug-likeness (QED) is 0.800. The maximum atomic E-state index is 13.0. The Morgan fingerprint density at radius 3 is 2.86 bits per heavy atom. The van der Waals surface area contributed by atoms with Crippen molar-refractivity contribution in [3.05, 3.63) is 59.0 Å². The third-order valence-corrected chi connectivity index (χ3v) is 3.48. The number of nitrogens with zero attached hydrogens (tertiary/aromatic N) is 3. The maximum absolute atomic E-state index is 13.0. The van der Waals surface area contributed by atoms with Crippen molar-refractivity contribution in [1.29, 1.82) is 0 Å². The number of aryl methyl sites for hydroxylation is 2. The third-order valence-electron chi connectivity index (χ3n) is 3.48. The Morgan fingerprint density at radius 1 is 1.19 bits per heavy atom. The van der Waals surface area contributed by atoms with Gasteiger partial charge < -0.3 is 5.32 Å². The molecule has 2 heterocycles. The minimum Gasteiger partial charge on any atom is -0.353 e. The van der Waals surface area contributed by atoms with E-state index in [2.05, 4.69) is 15.4 Å². The minimum absolute atomic E-state index is 0.193. The van der Waals surface area contributed by atoms with Crippen molar-refractivity contribution in [2.45, 2.75) is 20.3 Å². The van der Waals surface area contributed by atoms with Gasteiger partial charge in [0.2, 0.25) is 5.95 Å². The van der Waals surface area contributed by atoms with Gasteiger partial charge in [-0.1, -0.05) is 6.07 Å². The number of rotatable bonds is 4. The molecule has 0 spiro atoms. The van der Waals surface area contributed by atoms with E-state index < -0.39 is 0 Å². The van der Waals surface area contributed by atoms with E-state index in [1.807, 2.05) is 38.2 Å². The summed E-state index contributed by atoms with van der Waals surface area (Å²) in [5.41, 5.74) is 4.08. The van der Waals surface area contributed by atoms with Gasteiger partial charge in [-0.15, -0.1) is 5.10 Å². The van der Waals surface area contributed by atoms with E-state index in [1.54, 1.807) is 10.6 Å². The topological polar surface area (TPSA) is 42.2 Å². The zero-order chi connectivity index (χ0) is 14.8. The second kappa shape index (κ2) is 5.52. The van der Waals surface area contributed by atoms with Crippen LogP contribution in [0.3, 0.4) is 0 Å². The van der Waals surface area contributed by atoms with Crippen LogP contribution in [0.15, 0.2) is 36.5 Å². The molecule has 2 aromatic heterocycles. The molecule has 1 aromatic carbocycles. The lowest BCUT2D eigenvalue weighted by atomic mass is 10.1. The molecule has 0 saturated carbocycles. The molecule has 108 valence electrons. The van der Waals surface area contributed by atoms with Crippen LogP contribution in [0, 0.1) is 19.7 Å². The first-order valence-electron chi connectivity index (χ1n) is 6.94. The normalized spacial score (nSPS) is 11.0. The monoisotopic (exact) mass is 284 g/mol. The second-order valence-electron chi connectivity index (χ2n) is 5.19. The Hall–Kier alpha value is -2.43. The van der Waals surface area contributed by atoms with Gasteiger partial charge in [0.25, 0.3) is 0 Å². The molecule has 5 heteroatoms. The first kappa shape index (κ1) is 13.5. The highest BCUT2D eigenvalue weighted by Gasteiger charge is 2.04. The van der Waals surface area contributed by atoms with Crippen molar-refractivity contribution in [1.82, 2.24) is 14.6 Å². The summed E-state index contributed by atoms with van der Waals surface area (Å²) in [5.74, 6) is 0.418. The van der Waals surface area contributed by atoms with E-state index in [1.165, 1.54) is 6.07 Å². The van der Waals surface area contributed by atoms with E-state index in [4.69, 9.17) is 0 Å². The largest absolute Gasteiger partial charge is 0.353 e. The number of pyridine rings is 1. The Morgan fingerprint density at radius 2 is 2.05 bits per heavy atom. The number of hydrogen-bond acceptors (Lipinski definition) is 3. The van der Waals surface area contributed by atoms with Crippen molar-refractivity contribution in [2.75, 3.05) is 11.9 Å². The zero-order valence-electron chi connectivity index (χ0n) is 12.1. The number of nitrogens with one attached hydrogen (secondary N) is 1. The molecule has 0 unspecified atom stereocenters. The maximum Gasteiger partial charge on any atom is 0.243 e. The Balaban J connectivity index is 1.66. The lowest BCUT2D eigenvalue weighted by Gasteiger charge is -2.06. The van der Waals surface area contributed by atoms with Gasteiger partial charge in [-0.2, -0.15) is 4.98 Å². The summed E-state index contributed by atoms with van der Waals surface area (Å²) in [6.07, 6.45) is 2.70. The van der Waals surface area contributed by atoms with Gasteiger partial charge in [-0.3, -0.25) is 0 Å². The fraction of sp³-hybridized carbons (Fsp3) is 0.250. The van der Waals surface area contributed by atoms with Crippen LogP contribution in [-0.2, 0) is 6.42 Å². The van der Waals surface area contributed by atoms with E-state index in [-0.39, 0.29) is 5.82 Å². The number of halogens is 1. The number of aromatic nitrogens is 3. The smallest absolute Gasteiger partial charge is 0.243 e. The standard InChI is InChI=1S/C16H17FN4/c1-11-6-8-21-15(9-11)19-16(20-21)18-7-5-13-3-4-14(17)10-12(13)2/h3-4,6,8-10H,5,7H2,1-2H3,(H,18,20). The molecule has 0 radical (unpaired) electrons. The molecule has 0 bridgehead atoms. The first-order valence-corrected chi connectivity index (χ1v) is 6.94. The molecule has 3 rings (SSSR count). The molecular formula is C16H17FN4. The number of hydrogen-bond donors (Lipinski definition) is 1. The van der Waals surface area contributed by atoms with Gasteiger partial charge >= 0.3 is 0 Å². The number of anilines is 1. The summed E-state index contributed by atoms with van der Waals surface area (Å²) < 4.78 is 14.8. The summed E-state index contributed by atoms with van der Waals surface area (Å²) in [6.45, 7) is 4.66. The molecule has 0 atom stereocenters. The Bertz CT molecular complexity index is 779. The highest BCUT2D eigenvalue weighted by Crippen LogP contribution is 2.12. The molecule has 4 nitrogen and oxygen atoms in total. The van der Waals surface area contributed by atoms with E-state index in [0.717, 1.165) is 28.8 Å².